The Bertz CT molecular complexity index is 511. The van der Waals surface area contributed by atoms with Gasteiger partial charge in [0.05, 0.1) is 5.75 Å². The summed E-state index contributed by atoms with van der Waals surface area (Å²) >= 11 is 0. The quantitative estimate of drug-likeness (QED) is 0.757. The van der Waals surface area contributed by atoms with Crippen molar-refractivity contribution in [3.05, 3.63) is 60.2 Å². The zero-order chi connectivity index (χ0) is 13.0. The van der Waals surface area contributed by atoms with Gasteiger partial charge >= 0.3 is 6.98 Å². The topological polar surface area (TPSA) is 9.23 Å². The maximum Gasteiger partial charge on any atom is 0.513 e. The molecule has 0 saturated heterocycles. The van der Waals surface area contributed by atoms with Crippen LogP contribution < -0.4 is 10.2 Å². The van der Waals surface area contributed by atoms with Crippen molar-refractivity contribution < 1.29 is 17.7 Å². The highest BCUT2D eigenvalue weighted by Crippen LogP contribution is 2.18. The van der Waals surface area contributed by atoms with Gasteiger partial charge in [-0.1, -0.05) is 54.0 Å². The van der Waals surface area contributed by atoms with E-state index in [1.807, 2.05) is 18.2 Å². The maximum absolute atomic E-state index is 12.8. The van der Waals surface area contributed by atoms with Crippen molar-refractivity contribution >= 4 is 12.4 Å². The lowest BCUT2D eigenvalue weighted by atomic mass is 9.79. The highest BCUT2D eigenvalue weighted by Gasteiger charge is 2.28. The Morgan fingerprint density at radius 1 is 0.833 bits per heavy atom. The van der Waals surface area contributed by atoms with E-state index in [1.165, 1.54) is 18.2 Å². The standard InChI is InChI=1S/C13H11BF3O/c15-14(16,17)12-8-4-5-9-13(12)18-10-11-6-2-1-3-7-11/h1-9H,10H2/q-1. The first kappa shape index (κ1) is 12.5. The Morgan fingerprint density at radius 3 is 2.11 bits per heavy atom. The lowest BCUT2D eigenvalue weighted by Gasteiger charge is -2.19. The molecular formula is C13H11BF3O-. The molecule has 0 radical (unpaired) electrons. The molecule has 2 aromatic rings. The Labute approximate surface area is 103 Å². The van der Waals surface area contributed by atoms with E-state index in [0.717, 1.165) is 11.6 Å². The minimum atomic E-state index is -5.05. The third-order valence-electron chi connectivity index (χ3n) is 2.51. The lowest BCUT2D eigenvalue weighted by molar-refractivity contribution is 0.307. The molecule has 5 heteroatoms. The molecule has 0 aromatic heterocycles. The highest BCUT2D eigenvalue weighted by molar-refractivity contribution is 6.74. The van der Waals surface area contributed by atoms with Crippen molar-refractivity contribution in [3.63, 3.8) is 0 Å². The molecule has 0 saturated carbocycles. The van der Waals surface area contributed by atoms with Gasteiger partial charge in [0.15, 0.2) is 0 Å². The van der Waals surface area contributed by atoms with Gasteiger partial charge in [-0.3, -0.25) is 0 Å². The number of rotatable bonds is 4. The van der Waals surface area contributed by atoms with Crippen molar-refractivity contribution in [1.29, 1.82) is 0 Å². The zero-order valence-corrected chi connectivity index (χ0v) is 9.52. The summed E-state index contributed by atoms with van der Waals surface area (Å²) in [6, 6.07) is 14.4. The fourth-order valence-electron chi connectivity index (χ4n) is 1.62. The van der Waals surface area contributed by atoms with Gasteiger partial charge < -0.3 is 17.7 Å². The van der Waals surface area contributed by atoms with Crippen LogP contribution in [0.3, 0.4) is 0 Å². The van der Waals surface area contributed by atoms with Crippen LogP contribution in [0.25, 0.3) is 0 Å². The van der Waals surface area contributed by atoms with Crippen LogP contribution in [0.2, 0.25) is 0 Å². The third-order valence-corrected chi connectivity index (χ3v) is 2.51. The number of halogens is 3. The monoisotopic (exact) mass is 251 g/mol. The summed E-state index contributed by atoms with van der Waals surface area (Å²) in [6.45, 7) is -4.92. The molecule has 0 spiro atoms. The SMILES string of the molecule is F[B-](F)(F)c1ccccc1OCc1ccccc1. The summed E-state index contributed by atoms with van der Waals surface area (Å²) in [5.41, 5.74) is 0.149. The van der Waals surface area contributed by atoms with E-state index < -0.39 is 12.4 Å². The van der Waals surface area contributed by atoms with E-state index in [1.54, 1.807) is 12.1 Å². The lowest BCUT2D eigenvalue weighted by Crippen LogP contribution is -2.35. The Kier molecular flexibility index (Phi) is 3.60. The van der Waals surface area contributed by atoms with Crippen molar-refractivity contribution in [3.8, 4) is 5.75 Å². The van der Waals surface area contributed by atoms with Crippen LogP contribution in [-0.4, -0.2) is 6.98 Å². The first-order valence-corrected chi connectivity index (χ1v) is 5.53. The molecule has 18 heavy (non-hydrogen) atoms. The molecule has 0 amide bonds. The van der Waals surface area contributed by atoms with Gasteiger partial charge in [-0.2, -0.15) is 0 Å². The molecule has 94 valence electrons. The second-order valence-electron chi connectivity index (χ2n) is 3.89. The molecule has 0 heterocycles. The minimum absolute atomic E-state index is 0.117. The van der Waals surface area contributed by atoms with Crippen LogP contribution in [0.1, 0.15) is 5.56 Å². The van der Waals surface area contributed by atoms with E-state index in [4.69, 9.17) is 4.74 Å². The summed E-state index contributed by atoms with van der Waals surface area (Å²) in [7, 11) is 0. The van der Waals surface area contributed by atoms with Gasteiger partial charge in [0.2, 0.25) is 0 Å². The average Bonchev–Trinajstić information content (AvgIpc) is 2.37. The summed E-state index contributed by atoms with van der Waals surface area (Å²) in [6.07, 6.45) is 0. The molecule has 0 aliphatic heterocycles. The summed E-state index contributed by atoms with van der Waals surface area (Å²) < 4.78 is 43.5. The van der Waals surface area contributed by atoms with Crippen molar-refractivity contribution in [2.75, 3.05) is 0 Å². The van der Waals surface area contributed by atoms with E-state index in [2.05, 4.69) is 0 Å². The third kappa shape index (κ3) is 3.06. The van der Waals surface area contributed by atoms with Gasteiger partial charge in [-0.15, -0.1) is 0 Å². The largest absolute Gasteiger partial charge is 0.513 e. The maximum atomic E-state index is 12.8. The molecule has 0 aliphatic rings. The van der Waals surface area contributed by atoms with Crippen molar-refractivity contribution in [2.24, 2.45) is 0 Å². The minimum Gasteiger partial charge on any atom is -0.492 e. The van der Waals surface area contributed by atoms with Gasteiger partial charge in [0.1, 0.15) is 6.61 Å². The molecule has 2 aromatic carbocycles. The molecule has 0 N–H and O–H groups in total. The molecule has 0 atom stereocenters. The molecule has 0 aliphatic carbocycles. The van der Waals surface area contributed by atoms with Crippen LogP contribution in [0.5, 0.6) is 5.75 Å². The van der Waals surface area contributed by atoms with Gasteiger partial charge in [0, 0.05) is 0 Å². The number of hydrogen-bond donors (Lipinski definition) is 0. The fourth-order valence-corrected chi connectivity index (χ4v) is 1.62. The molecule has 1 nitrogen and oxygen atoms in total. The normalized spacial score (nSPS) is 11.3. The second-order valence-corrected chi connectivity index (χ2v) is 3.89. The van der Waals surface area contributed by atoms with Gasteiger partial charge in [-0.25, -0.2) is 0 Å². The first-order valence-electron chi connectivity index (χ1n) is 5.53. The Morgan fingerprint density at radius 2 is 1.44 bits per heavy atom. The number of hydrogen-bond acceptors (Lipinski definition) is 1. The van der Waals surface area contributed by atoms with Crippen LogP contribution in [-0.2, 0) is 6.61 Å². The molecular weight excluding hydrogens is 240 g/mol. The fraction of sp³-hybridized carbons (Fsp3) is 0.0769. The van der Waals surface area contributed by atoms with Crippen molar-refractivity contribution in [2.45, 2.75) is 6.61 Å². The summed E-state index contributed by atoms with van der Waals surface area (Å²) in [4.78, 5) is 0. The summed E-state index contributed by atoms with van der Waals surface area (Å²) in [5.74, 6) is -0.117. The van der Waals surface area contributed by atoms with Gasteiger partial charge in [0.25, 0.3) is 0 Å². The van der Waals surface area contributed by atoms with Crippen molar-refractivity contribution in [1.82, 2.24) is 0 Å². The number of para-hydroxylation sites is 1. The Hall–Kier alpha value is -1.91. The van der Waals surface area contributed by atoms with E-state index >= 15 is 0 Å². The second kappa shape index (κ2) is 5.17. The smallest absolute Gasteiger partial charge is 0.492 e. The zero-order valence-electron chi connectivity index (χ0n) is 9.52. The van der Waals surface area contributed by atoms with Crippen LogP contribution in [0, 0.1) is 0 Å². The number of benzene rings is 2. The predicted molar refractivity (Wildman–Crippen MR) is 65.9 cm³/mol. The molecule has 0 unspecified atom stereocenters. The van der Waals surface area contributed by atoms with E-state index in [-0.39, 0.29) is 12.4 Å². The Balaban J connectivity index is 2.15. The van der Waals surface area contributed by atoms with Gasteiger partial charge in [-0.05, 0) is 11.6 Å². The highest BCUT2D eigenvalue weighted by atomic mass is 19.4. The molecule has 0 bridgehead atoms. The van der Waals surface area contributed by atoms with Crippen LogP contribution in [0.4, 0.5) is 12.9 Å². The predicted octanol–water partition coefficient (Wildman–Crippen LogP) is 3.32. The number of ether oxygens (including phenoxy) is 1. The van der Waals surface area contributed by atoms with E-state index in [9.17, 15) is 12.9 Å². The molecule has 2 rings (SSSR count). The van der Waals surface area contributed by atoms with Crippen LogP contribution in [0.15, 0.2) is 54.6 Å². The van der Waals surface area contributed by atoms with E-state index in [0.29, 0.717) is 0 Å². The summed E-state index contributed by atoms with van der Waals surface area (Å²) in [5, 5.41) is 0. The average molecular weight is 251 g/mol. The molecule has 0 fully saturated rings. The first-order chi connectivity index (χ1) is 8.57. The van der Waals surface area contributed by atoms with Crippen LogP contribution >= 0.6 is 0 Å².